The summed E-state index contributed by atoms with van der Waals surface area (Å²) in [6.45, 7) is 4.98. The Morgan fingerprint density at radius 2 is 2.31 bits per heavy atom. The van der Waals surface area contributed by atoms with Crippen molar-refractivity contribution in [2.45, 2.75) is 32.0 Å². The molecule has 1 aliphatic rings. The van der Waals surface area contributed by atoms with Crippen LogP contribution in [0.2, 0.25) is 5.02 Å². The molecule has 2 rings (SSSR count). The summed E-state index contributed by atoms with van der Waals surface area (Å²) in [5.74, 6) is 0. The molecule has 0 aliphatic carbocycles. The maximum absolute atomic E-state index is 5.94. The number of nitrogens with one attached hydrogen (secondary N) is 1. The number of hydrogen-bond acceptors (Lipinski definition) is 2. The first-order valence-corrected chi connectivity index (χ1v) is 5.61. The molecule has 1 fully saturated rings. The van der Waals surface area contributed by atoms with Crippen LogP contribution in [0.1, 0.15) is 19.4 Å². The maximum atomic E-state index is 5.94. The van der Waals surface area contributed by atoms with E-state index in [-0.39, 0.29) is 18.1 Å². The summed E-state index contributed by atoms with van der Waals surface area (Å²) in [5, 5.41) is 4.21. The molecule has 1 saturated heterocycles. The SMILES string of the molecule is CC1COC(C)(Cc2cccc(Cl)c2)N1.Cl. The van der Waals surface area contributed by atoms with Crippen LogP contribution < -0.4 is 5.32 Å². The van der Waals surface area contributed by atoms with E-state index in [1.807, 2.05) is 18.2 Å². The van der Waals surface area contributed by atoms with Crippen molar-refractivity contribution in [3.05, 3.63) is 34.9 Å². The van der Waals surface area contributed by atoms with E-state index in [2.05, 4.69) is 25.2 Å². The second kappa shape index (κ2) is 5.37. The van der Waals surface area contributed by atoms with E-state index in [0.29, 0.717) is 6.04 Å². The van der Waals surface area contributed by atoms with E-state index >= 15 is 0 Å². The van der Waals surface area contributed by atoms with Gasteiger partial charge < -0.3 is 4.74 Å². The lowest BCUT2D eigenvalue weighted by molar-refractivity contribution is 0.00691. The normalized spacial score (nSPS) is 28.8. The van der Waals surface area contributed by atoms with Gasteiger partial charge in [0.25, 0.3) is 0 Å². The van der Waals surface area contributed by atoms with Crippen molar-refractivity contribution < 1.29 is 4.74 Å². The highest BCUT2D eigenvalue weighted by atomic mass is 35.5. The van der Waals surface area contributed by atoms with E-state index < -0.39 is 0 Å². The highest BCUT2D eigenvalue weighted by Gasteiger charge is 2.33. The van der Waals surface area contributed by atoms with Crippen LogP contribution >= 0.6 is 24.0 Å². The Morgan fingerprint density at radius 3 is 2.88 bits per heavy atom. The molecule has 0 amide bonds. The largest absolute Gasteiger partial charge is 0.359 e. The molecular formula is C12H17Cl2NO. The zero-order valence-corrected chi connectivity index (χ0v) is 11.1. The summed E-state index contributed by atoms with van der Waals surface area (Å²) >= 11 is 5.94. The Bertz CT molecular complexity index is 359. The van der Waals surface area contributed by atoms with Gasteiger partial charge in [0.1, 0.15) is 5.72 Å². The van der Waals surface area contributed by atoms with Crippen molar-refractivity contribution in [2.75, 3.05) is 6.61 Å². The molecule has 16 heavy (non-hydrogen) atoms. The number of rotatable bonds is 2. The van der Waals surface area contributed by atoms with E-state index in [1.54, 1.807) is 0 Å². The minimum Gasteiger partial charge on any atom is -0.359 e. The van der Waals surface area contributed by atoms with Crippen LogP contribution in [0.25, 0.3) is 0 Å². The van der Waals surface area contributed by atoms with Crippen molar-refractivity contribution in [2.24, 2.45) is 0 Å². The second-order valence-electron chi connectivity index (χ2n) is 4.39. The standard InChI is InChI=1S/C12H16ClNO.ClH/c1-9-8-15-12(2,14-9)7-10-4-3-5-11(13)6-10;/h3-6,9,14H,7-8H2,1-2H3;1H. The van der Waals surface area contributed by atoms with Gasteiger partial charge in [-0.1, -0.05) is 23.7 Å². The van der Waals surface area contributed by atoms with Gasteiger partial charge >= 0.3 is 0 Å². The van der Waals surface area contributed by atoms with Crippen molar-refractivity contribution in [1.29, 1.82) is 0 Å². The van der Waals surface area contributed by atoms with Gasteiger partial charge in [0, 0.05) is 17.5 Å². The molecule has 1 aliphatic heterocycles. The molecule has 0 radical (unpaired) electrons. The fraction of sp³-hybridized carbons (Fsp3) is 0.500. The average Bonchev–Trinajstić information content (AvgIpc) is 2.45. The number of benzene rings is 1. The zero-order valence-electron chi connectivity index (χ0n) is 9.50. The van der Waals surface area contributed by atoms with Crippen LogP contribution in [0.5, 0.6) is 0 Å². The molecule has 0 aromatic heterocycles. The second-order valence-corrected chi connectivity index (χ2v) is 4.83. The van der Waals surface area contributed by atoms with E-state index in [0.717, 1.165) is 18.1 Å². The lowest BCUT2D eigenvalue weighted by atomic mass is 10.0. The minimum atomic E-state index is -0.246. The third-order valence-corrected chi connectivity index (χ3v) is 2.87. The van der Waals surface area contributed by atoms with Gasteiger partial charge in [-0.25, -0.2) is 0 Å². The van der Waals surface area contributed by atoms with Gasteiger partial charge in [-0.2, -0.15) is 0 Å². The Morgan fingerprint density at radius 1 is 1.56 bits per heavy atom. The Balaban J connectivity index is 0.00000128. The molecule has 90 valence electrons. The lowest BCUT2D eigenvalue weighted by Gasteiger charge is -2.24. The summed E-state index contributed by atoms with van der Waals surface area (Å²) in [4.78, 5) is 0. The molecule has 0 spiro atoms. The van der Waals surface area contributed by atoms with Gasteiger partial charge in [-0.3, -0.25) is 5.32 Å². The van der Waals surface area contributed by atoms with Gasteiger partial charge in [-0.15, -0.1) is 12.4 Å². The van der Waals surface area contributed by atoms with Crippen molar-refractivity contribution in [3.8, 4) is 0 Å². The highest BCUT2D eigenvalue weighted by Crippen LogP contribution is 2.22. The van der Waals surface area contributed by atoms with E-state index in [4.69, 9.17) is 16.3 Å². The van der Waals surface area contributed by atoms with Crippen LogP contribution in [0.3, 0.4) is 0 Å². The molecule has 1 aromatic rings. The third kappa shape index (κ3) is 3.36. The first kappa shape index (κ1) is 13.8. The van der Waals surface area contributed by atoms with E-state index in [9.17, 15) is 0 Å². The summed E-state index contributed by atoms with van der Waals surface area (Å²) in [6, 6.07) is 8.35. The van der Waals surface area contributed by atoms with Crippen LogP contribution in [0.4, 0.5) is 0 Å². The predicted molar refractivity (Wildman–Crippen MR) is 69.4 cm³/mol. The molecule has 4 heteroatoms. The molecule has 1 N–H and O–H groups in total. The highest BCUT2D eigenvalue weighted by molar-refractivity contribution is 6.30. The molecule has 0 saturated carbocycles. The van der Waals surface area contributed by atoms with Crippen molar-refractivity contribution >= 4 is 24.0 Å². The van der Waals surface area contributed by atoms with Gasteiger partial charge in [0.2, 0.25) is 0 Å². The van der Waals surface area contributed by atoms with Gasteiger partial charge in [-0.05, 0) is 31.5 Å². The zero-order chi connectivity index (χ0) is 10.9. The summed E-state index contributed by atoms with van der Waals surface area (Å²) in [7, 11) is 0. The molecule has 2 atom stereocenters. The molecule has 0 bridgehead atoms. The first-order chi connectivity index (χ1) is 7.07. The smallest absolute Gasteiger partial charge is 0.120 e. The third-order valence-electron chi connectivity index (χ3n) is 2.63. The quantitative estimate of drug-likeness (QED) is 0.884. The van der Waals surface area contributed by atoms with E-state index in [1.165, 1.54) is 5.56 Å². The molecular weight excluding hydrogens is 245 g/mol. The molecule has 2 nitrogen and oxygen atoms in total. The fourth-order valence-electron chi connectivity index (χ4n) is 2.05. The first-order valence-electron chi connectivity index (χ1n) is 5.23. The number of halogens is 2. The minimum absolute atomic E-state index is 0. The fourth-order valence-corrected chi connectivity index (χ4v) is 2.26. The van der Waals surface area contributed by atoms with Crippen LogP contribution in [0.15, 0.2) is 24.3 Å². The summed E-state index contributed by atoms with van der Waals surface area (Å²) in [5.41, 5.74) is 0.955. The molecule has 1 heterocycles. The van der Waals surface area contributed by atoms with Crippen LogP contribution in [0, 0.1) is 0 Å². The van der Waals surface area contributed by atoms with Gasteiger partial charge in [0.15, 0.2) is 0 Å². The molecule has 2 unspecified atom stereocenters. The predicted octanol–water partition coefficient (Wildman–Crippen LogP) is 3.03. The van der Waals surface area contributed by atoms with Crippen molar-refractivity contribution in [1.82, 2.24) is 5.32 Å². The lowest BCUT2D eigenvalue weighted by Crippen LogP contribution is -2.42. The Kier molecular flexibility index (Phi) is 4.62. The maximum Gasteiger partial charge on any atom is 0.120 e. The molecule has 1 aromatic carbocycles. The van der Waals surface area contributed by atoms with Crippen LogP contribution in [-0.2, 0) is 11.2 Å². The van der Waals surface area contributed by atoms with Gasteiger partial charge in [0.05, 0.1) is 6.61 Å². The average molecular weight is 262 g/mol. The monoisotopic (exact) mass is 261 g/mol. The Labute approximate surface area is 108 Å². The van der Waals surface area contributed by atoms with Crippen molar-refractivity contribution in [3.63, 3.8) is 0 Å². The number of ether oxygens (including phenoxy) is 1. The Hall–Kier alpha value is -0.280. The summed E-state index contributed by atoms with van der Waals surface area (Å²) in [6.07, 6.45) is 0.845. The van der Waals surface area contributed by atoms with Crippen LogP contribution in [-0.4, -0.2) is 18.4 Å². The summed E-state index contributed by atoms with van der Waals surface area (Å²) < 4.78 is 5.74. The topological polar surface area (TPSA) is 21.3 Å². The number of hydrogen-bond donors (Lipinski definition) is 1.